The van der Waals surface area contributed by atoms with E-state index < -0.39 is 11.8 Å². The van der Waals surface area contributed by atoms with Crippen molar-refractivity contribution in [1.82, 2.24) is 0 Å². The van der Waals surface area contributed by atoms with Crippen LogP contribution in [0.25, 0.3) is 0 Å². The number of ether oxygens (including phenoxy) is 1. The number of nitrogen functional groups attached to an aromatic ring is 1. The molecule has 19 heavy (non-hydrogen) atoms. The molecular weight excluding hydrogens is 360 g/mol. The van der Waals surface area contributed by atoms with E-state index in [0.29, 0.717) is 5.69 Å². The Morgan fingerprint density at radius 1 is 1.21 bits per heavy atom. The van der Waals surface area contributed by atoms with Crippen LogP contribution in [0.15, 0.2) is 42.5 Å². The van der Waals surface area contributed by atoms with Crippen molar-refractivity contribution in [2.24, 2.45) is 0 Å². The summed E-state index contributed by atoms with van der Waals surface area (Å²) < 4.78 is 19.6. The molecule has 0 aromatic heterocycles. The number of benzene rings is 2. The van der Waals surface area contributed by atoms with Crippen molar-refractivity contribution in [3.05, 3.63) is 63.0 Å². The van der Waals surface area contributed by atoms with Gasteiger partial charge >= 0.3 is 5.97 Å². The van der Waals surface area contributed by atoms with E-state index in [9.17, 15) is 9.18 Å². The number of nitrogens with two attached hydrogens (primary N) is 1. The van der Waals surface area contributed by atoms with E-state index in [-0.39, 0.29) is 12.2 Å². The third-order valence-electron chi connectivity index (χ3n) is 2.49. The van der Waals surface area contributed by atoms with Gasteiger partial charge in [-0.25, -0.2) is 9.18 Å². The summed E-state index contributed by atoms with van der Waals surface area (Å²) in [7, 11) is 0. The van der Waals surface area contributed by atoms with Crippen molar-refractivity contribution in [2.75, 3.05) is 5.73 Å². The number of carbonyl (C=O) groups is 1. The first kappa shape index (κ1) is 13.8. The topological polar surface area (TPSA) is 52.3 Å². The lowest BCUT2D eigenvalue weighted by molar-refractivity contribution is 0.0467. The van der Waals surface area contributed by atoms with Crippen LogP contribution in [0.2, 0.25) is 0 Å². The number of esters is 1. The minimum absolute atomic E-state index is 0.101. The van der Waals surface area contributed by atoms with Crippen LogP contribution in [0.5, 0.6) is 0 Å². The summed E-state index contributed by atoms with van der Waals surface area (Å²) in [6, 6.07) is 11.3. The molecule has 2 N–H and O–H groups in total. The van der Waals surface area contributed by atoms with Crippen LogP contribution in [0.3, 0.4) is 0 Å². The Kier molecular flexibility index (Phi) is 4.36. The first-order valence-corrected chi connectivity index (χ1v) is 6.61. The summed E-state index contributed by atoms with van der Waals surface area (Å²) in [5.74, 6) is -1.36. The van der Waals surface area contributed by atoms with Gasteiger partial charge in [0.15, 0.2) is 0 Å². The van der Waals surface area contributed by atoms with Crippen LogP contribution in [0.4, 0.5) is 10.1 Å². The average Bonchev–Trinajstić information content (AvgIpc) is 2.40. The van der Waals surface area contributed by atoms with E-state index in [1.807, 2.05) is 24.3 Å². The van der Waals surface area contributed by atoms with Gasteiger partial charge in [-0.05, 0) is 58.5 Å². The summed E-state index contributed by atoms with van der Waals surface area (Å²) in [5, 5.41) is 0. The molecule has 5 heteroatoms. The van der Waals surface area contributed by atoms with Crippen LogP contribution < -0.4 is 5.73 Å². The van der Waals surface area contributed by atoms with Gasteiger partial charge in [-0.15, -0.1) is 0 Å². The lowest BCUT2D eigenvalue weighted by Gasteiger charge is -2.06. The molecule has 98 valence electrons. The molecule has 0 unspecified atom stereocenters. The van der Waals surface area contributed by atoms with Gasteiger partial charge in [0.2, 0.25) is 0 Å². The Labute approximate surface area is 123 Å². The second kappa shape index (κ2) is 6.01. The van der Waals surface area contributed by atoms with E-state index in [0.717, 1.165) is 15.2 Å². The van der Waals surface area contributed by atoms with Crippen molar-refractivity contribution in [3.8, 4) is 0 Å². The van der Waals surface area contributed by atoms with Crippen molar-refractivity contribution < 1.29 is 13.9 Å². The standard InChI is InChI=1S/C14H11FINO2/c15-13-6-5-11(17)7-12(13)14(18)19-8-9-1-3-10(16)4-2-9/h1-7H,8,17H2. The van der Waals surface area contributed by atoms with Gasteiger partial charge in [0, 0.05) is 9.26 Å². The van der Waals surface area contributed by atoms with Gasteiger partial charge in [-0.1, -0.05) is 12.1 Å². The van der Waals surface area contributed by atoms with Crippen molar-refractivity contribution in [1.29, 1.82) is 0 Å². The fourth-order valence-electron chi connectivity index (χ4n) is 1.51. The molecule has 0 radical (unpaired) electrons. The van der Waals surface area contributed by atoms with Gasteiger partial charge in [-0.2, -0.15) is 0 Å². The van der Waals surface area contributed by atoms with Crippen LogP contribution >= 0.6 is 22.6 Å². The van der Waals surface area contributed by atoms with E-state index in [4.69, 9.17) is 10.5 Å². The molecule has 0 saturated heterocycles. The molecule has 0 aliphatic rings. The molecule has 2 aromatic rings. The molecule has 0 aliphatic heterocycles. The molecule has 0 bridgehead atoms. The first-order chi connectivity index (χ1) is 9.06. The molecule has 0 fully saturated rings. The highest BCUT2D eigenvalue weighted by atomic mass is 127. The predicted molar refractivity (Wildman–Crippen MR) is 79.1 cm³/mol. The molecule has 2 rings (SSSR count). The van der Waals surface area contributed by atoms with Crippen LogP contribution in [0.1, 0.15) is 15.9 Å². The van der Waals surface area contributed by atoms with Crippen molar-refractivity contribution in [3.63, 3.8) is 0 Å². The monoisotopic (exact) mass is 371 g/mol. The molecule has 0 atom stereocenters. The van der Waals surface area contributed by atoms with E-state index in [1.165, 1.54) is 12.1 Å². The highest BCUT2D eigenvalue weighted by Gasteiger charge is 2.13. The molecule has 0 saturated carbocycles. The normalized spacial score (nSPS) is 10.2. The van der Waals surface area contributed by atoms with Crippen molar-refractivity contribution >= 4 is 34.2 Å². The van der Waals surface area contributed by atoms with E-state index in [2.05, 4.69) is 22.6 Å². The third-order valence-corrected chi connectivity index (χ3v) is 3.21. The quantitative estimate of drug-likeness (QED) is 0.512. The molecule has 0 aliphatic carbocycles. The van der Waals surface area contributed by atoms with Gasteiger partial charge in [-0.3, -0.25) is 0 Å². The minimum atomic E-state index is -0.719. The van der Waals surface area contributed by atoms with Gasteiger partial charge in [0.05, 0.1) is 5.56 Å². The zero-order valence-corrected chi connectivity index (χ0v) is 12.1. The zero-order chi connectivity index (χ0) is 13.8. The number of carbonyl (C=O) groups excluding carboxylic acids is 1. The fourth-order valence-corrected chi connectivity index (χ4v) is 1.87. The summed E-state index contributed by atoms with van der Waals surface area (Å²) >= 11 is 2.18. The Balaban J connectivity index is 2.05. The molecule has 0 heterocycles. The molecule has 0 spiro atoms. The maximum absolute atomic E-state index is 13.4. The highest BCUT2D eigenvalue weighted by molar-refractivity contribution is 14.1. The zero-order valence-electron chi connectivity index (χ0n) is 9.90. The smallest absolute Gasteiger partial charge is 0.341 e. The fraction of sp³-hybridized carbons (Fsp3) is 0.0714. The lowest BCUT2D eigenvalue weighted by atomic mass is 10.2. The van der Waals surface area contributed by atoms with Crippen LogP contribution in [-0.4, -0.2) is 5.97 Å². The first-order valence-electron chi connectivity index (χ1n) is 5.53. The molecule has 0 amide bonds. The number of hydrogen-bond donors (Lipinski definition) is 1. The van der Waals surface area contributed by atoms with Crippen molar-refractivity contribution in [2.45, 2.75) is 6.61 Å². The second-order valence-electron chi connectivity index (χ2n) is 3.94. The highest BCUT2D eigenvalue weighted by Crippen LogP contribution is 2.14. The number of hydrogen-bond acceptors (Lipinski definition) is 3. The molecule has 2 aromatic carbocycles. The number of anilines is 1. The Hall–Kier alpha value is -1.63. The molecular formula is C14H11FINO2. The third kappa shape index (κ3) is 3.66. The number of halogens is 2. The SMILES string of the molecule is Nc1ccc(F)c(C(=O)OCc2ccc(I)cc2)c1. The van der Waals surface area contributed by atoms with Gasteiger partial charge < -0.3 is 10.5 Å². The Morgan fingerprint density at radius 3 is 2.58 bits per heavy atom. The van der Waals surface area contributed by atoms with Crippen LogP contribution in [0, 0.1) is 9.39 Å². The van der Waals surface area contributed by atoms with Crippen LogP contribution in [-0.2, 0) is 11.3 Å². The minimum Gasteiger partial charge on any atom is -0.457 e. The summed E-state index contributed by atoms with van der Waals surface area (Å²) in [6.45, 7) is 0.101. The second-order valence-corrected chi connectivity index (χ2v) is 5.19. The van der Waals surface area contributed by atoms with Gasteiger partial charge in [0.25, 0.3) is 0 Å². The average molecular weight is 371 g/mol. The maximum Gasteiger partial charge on any atom is 0.341 e. The predicted octanol–water partition coefficient (Wildman–Crippen LogP) is 3.37. The largest absolute Gasteiger partial charge is 0.457 e. The number of rotatable bonds is 3. The maximum atomic E-state index is 13.4. The Bertz CT molecular complexity index is 599. The Morgan fingerprint density at radius 2 is 1.89 bits per heavy atom. The lowest BCUT2D eigenvalue weighted by Crippen LogP contribution is -2.08. The summed E-state index contributed by atoms with van der Waals surface area (Å²) in [5.41, 5.74) is 6.53. The van der Waals surface area contributed by atoms with E-state index in [1.54, 1.807) is 0 Å². The summed E-state index contributed by atoms with van der Waals surface area (Å²) in [6.07, 6.45) is 0. The molecule has 3 nitrogen and oxygen atoms in total. The van der Waals surface area contributed by atoms with E-state index >= 15 is 0 Å². The van der Waals surface area contributed by atoms with Gasteiger partial charge in [0.1, 0.15) is 12.4 Å². The summed E-state index contributed by atoms with van der Waals surface area (Å²) in [4.78, 5) is 11.7.